The fraction of sp³-hybridized carbons (Fsp3) is 0.417. The van der Waals surface area contributed by atoms with Crippen molar-refractivity contribution < 1.29 is 4.79 Å². The number of aromatic nitrogens is 4. The molecule has 0 spiro atoms. The molecule has 0 fully saturated rings. The van der Waals surface area contributed by atoms with Crippen molar-refractivity contribution in [1.29, 1.82) is 0 Å². The van der Waals surface area contributed by atoms with Gasteiger partial charge in [0.25, 0.3) is 11.5 Å². The van der Waals surface area contributed by atoms with Gasteiger partial charge in [0, 0.05) is 13.1 Å². The molecule has 182 valence electrons. The first kappa shape index (κ1) is 25.3. The number of hydrogen-bond donors (Lipinski definition) is 2. The number of rotatable bonds is 9. The van der Waals surface area contributed by atoms with Crippen LogP contribution < -0.4 is 21.9 Å². The number of hydrogen-bond acceptors (Lipinski definition) is 5. The molecular weight excluding hydrogens is 456 g/mol. The van der Waals surface area contributed by atoms with E-state index in [9.17, 15) is 14.4 Å². The third-order valence-electron chi connectivity index (χ3n) is 5.47. The first-order chi connectivity index (χ1) is 16.1. The normalized spacial score (nSPS) is 11.2. The number of nitrogen functional groups attached to an aromatic ring is 1. The molecule has 0 aliphatic heterocycles. The SMILES string of the molecule is CCCCn1c(N)c(N(CC(C)C)C(=O)c2c(C)nn(Cc3ccccc3)c2Cl)c(=O)[nH]c1=O. The number of nitrogens with two attached hydrogens (primary N) is 1. The monoisotopic (exact) mass is 486 g/mol. The number of carbonyl (C=O) groups is 1. The number of unbranched alkanes of at least 4 members (excludes halogenated alkanes) is 1. The van der Waals surface area contributed by atoms with E-state index in [-0.39, 0.29) is 34.7 Å². The van der Waals surface area contributed by atoms with Crippen molar-refractivity contribution in [3.63, 3.8) is 0 Å². The maximum absolute atomic E-state index is 13.8. The summed E-state index contributed by atoms with van der Waals surface area (Å²) in [6, 6.07) is 9.64. The number of H-pyrrole nitrogens is 1. The van der Waals surface area contributed by atoms with E-state index in [0.717, 1.165) is 12.0 Å². The highest BCUT2D eigenvalue weighted by atomic mass is 35.5. The lowest BCUT2D eigenvalue weighted by Gasteiger charge is -2.26. The Balaban J connectivity index is 2.09. The zero-order chi connectivity index (χ0) is 25.0. The van der Waals surface area contributed by atoms with Crippen molar-refractivity contribution in [3.8, 4) is 0 Å². The Kier molecular flexibility index (Phi) is 7.98. The van der Waals surface area contributed by atoms with Crippen LogP contribution in [0.1, 0.15) is 55.2 Å². The zero-order valence-corrected chi connectivity index (χ0v) is 20.7. The summed E-state index contributed by atoms with van der Waals surface area (Å²) in [7, 11) is 0. The molecular formula is C24H31ClN6O3. The molecule has 0 saturated heterocycles. The smallest absolute Gasteiger partial charge is 0.330 e. The van der Waals surface area contributed by atoms with E-state index in [1.807, 2.05) is 51.1 Å². The predicted octanol–water partition coefficient (Wildman–Crippen LogP) is 3.43. The van der Waals surface area contributed by atoms with Gasteiger partial charge in [-0.1, -0.05) is 69.1 Å². The fourth-order valence-electron chi connectivity index (χ4n) is 3.81. The van der Waals surface area contributed by atoms with Crippen LogP contribution in [0.5, 0.6) is 0 Å². The average Bonchev–Trinajstić information content (AvgIpc) is 3.05. The van der Waals surface area contributed by atoms with Gasteiger partial charge in [-0.15, -0.1) is 0 Å². The molecule has 34 heavy (non-hydrogen) atoms. The van der Waals surface area contributed by atoms with E-state index < -0.39 is 17.2 Å². The maximum atomic E-state index is 13.8. The van der Waals surface area contributed by atoms with Gasteiger partial charge in [-0.2, -0.15) is 5.10 Å². The number of carbonyl (C=O) groups excluding carboxylic acids is 1. The molecule has 10 heteroatoms. The van der Waals surface area contributed by atoms with Crippen LogP contribution in [0.25, 0.3) is 0 Å². The molecule has 3 rings (SSSR count). The van der Waals surface area contributed by atoms with E-state index in [1.54, 1.807) is 11.6 Å². The molecule has 1 aromatic carbocycles. The lowest BCUT2D eigenvalue weighted by atomic mass is 10.1. The quantitative estimate of drug-likeness (QED) is 0.480. The fourth-order valence-corrected chi connectivity index (χ4v) is 4.12. The van der Waals surface area contributed by atoms with Gasteiger partial charge in [0.1, 0.15) is 11.0 Å². The molecule has 0 aliphatic carbocycles. The summed E-state index contributed by atoms with van der Waals surface area (Å²) in [5.74, 6) is -0.521. The van der Waals surface area contributed by atoms with E-state index in [4.69, 9.17) is 17.3 Å². The Morgan fingerprint density at radius 3 is 2.53 bits per heavy atom. The lowest BCUT2D eigenvalue weighted by molar-refractivity contribution is 0.0983. The van der Waals surface area contributed by atoms with Crippen LogP contribution in [-0.4, -0.2) is 31.8 Å². The Hall–Kier alpha value is -3.33. The van der Waals surface area contributed by atoms with Crippen molar-refractivity contribution in [1.82, 2.24) is 19.3 Å². The third-order valence-corrected chi connectivity index (χ3v) is 5.85. The summed E-state index contributed by atoms with van der Waals surface area (Å²) < 4.78 is 2.86. The number of halogens is 1. The second-order valence-electron chi connectivity index (χ2n) is 8.70. The van der Waals surface area contributed by atoms with Crippen LogP contribution in [0.15, 0.2) is 39.9 Å². The van der Waals surface area contributed by atoms with Crippen molar-refractivity contribution >= 4 is 29.0 Å². The molecule has 2 aromatic heterocycles. The molecule has 1 amide bonds. The number of nitrogens with zero attached hydrogens (tertiary/aromatic N) is 4. The standard InChI is InChI=1S/C24H31ClN6O3/c1-5-6-12-29-21(26)19(22(32)27-24(29)34)30(13-15(2)3)23(33)18-16(4)28-31(20(18)25)14-17-10-8-7-9-11-17/h7-11,15H,5-6,12-14,26H2,1-4H3,(H,27,32,34). The Morgan fingerprint density at radius 2 is 1.91 bits per heavy atom. The summed E-state index contributed by atoms with van der Waals surface area (Å²) >= 11 is 6.63. The van der Waals surface area contributed by atoms with E-state index in [2.05, 4.69) is 10.1 Å². The maximum Gasteiger partial charge on any atom is 0.330 e. The predicted molar refractivity (Wildman–Crippen MR) is 135 cm³/mol. The molecule has 0 radical (unpaired) electrons. The number of nitrogens with one attached hydrogen (secondary N) is 1. The molecule has 0 aliphatic rings. The van der Waals surface area contributed by atoms with Gasteiger partial charge in [-0.3, -0.25) is 19.1 Å². The molecule has 3 N–H and O–H groups in total. The summed E-state index contributed by atoms with van der Waals surface area (Å²) in [6.07, 6.45) is 1.54. The highest BCUT2D eigenvalue weighted by molar-refractivity contribution is 6.34. The van der Waals surface area contributed by atoms with Crippen LogP contribution in [-0.2, 0) is 13.1 Å². The number of anilines is 2. The molecule has 9 nitrogen and oxygen atoms in total. The van der Waals surface area contributed by atoms with E-state index >= 15 is 0 Å². The number of aromatic amines is 1. The molecule has 0 atom stereocenters. The summed E-state index contributed by atoms with van der Waals surface area (Å²) in [6.45, 7) is 8.46. The van der Waals surface area contributed by atoms with Gasteiger partial charge >= 0.3 is 5.69 Å². The number of amides is 1. The largest absolute Gasteiger partial charge is 0.383 e. The minimum absolute atomic E-state index is 0.0113. The van der Waals surface area contributed by atoms with Crippen LogP contribution in [0, 0.1) is 12.8 Å². The van der Waals surface area contributed by atoms with Gasteiger partial charge in [-0.25, -0.2) is 9.48 Å². The topological polar surface area (TPSA) is 119 Å². The minimum Gasteiger partial charge on any atom is -0.383 e. The van der Waals surface area contributed by atoms with Gasteiger partial charge < -0.3 is 10.6 Å². The van der Waals surface area contributed by atoms with Crippen molar-refractivity contribution in [2.45, 2.75) is 53.6 Å². The van der Waals surface area contributed by atoms with Crippen LogP contribution in [0.2, 0.25) is 5.15 Å². The summed E-state index contributed by atoms with van der Waals surface area (Å²) in [4.78, 5) is 42.7. The second kappa shape index (κ2) is 10.7. The van der Waals surface area contributed by atoms with Crippen molar-refractivity contribution in [2.75, 3.05) is 17.2 Å². The number of benzene rings is 1. The highest BCUT2D eigenvalue weighted by Crippen LogP contribution is 2.27. The highest BCUT2D eigenvalue weighted by Gasteiger charge is 2.30. The molecule has 0 unspecified atom stereocenters. The molecule has 0 saturated carbocycles. The molecule has 3 aromatic rings. The molecule has 0 bridgehead atoms. The Bertz CT molecular complexity index is 1280. The third kappa shape index (κ3) is 5.25. The van der Waals surface area contributed by atoms with Gasteiger partial charge in [0.2, 0.25) is 0 Å². The van der Waals surface area contributed by atoms with Crippen LogP contribution in [0.4, 0.5) is 11.5 Å². The van der Waals surface area contributed by atoms with E-state index in [1.165, 1.54) is 9.47 Å². The number of aryl methyl sites for hydroxylation is 1. The van der Waals surface area contributed by atoms with Crippen molar-refractivity contribution in [3.05, 3.63) is 73.1 Å². The zero-order valence-electron chi connectivity index (χ0n) is 20.0. The minimum atomic E-state index is -0.713. The average molecular weight is 487 g/mol. The van der Waals surface area contributed by atoms with Crippen LogP contribution >= 0.6 is 11.6 Å². The van der Waals surface area contributed by atoms with E-state index in [0.29, 0.717) is 25.2 Å². The Morgan fingerprint density at radius 1 is 1.24 bits per heavy atom. The Labute approximate surface area is 203 Å². The van der Waals surface area contributed by atoms with Crippen molar-refractivity contribution in [2.24, 2.45) is 5.92 Å². The summed E-state index contributed by atoms with van der Waals surface area (Å²) in [5, 5.41) is 4.64. The summed E-state index contributed by atoms with van der Waals surface area (Å²) in [5.41, 5.74) is 6.55. The van der Waals surface area contributed by atoms with Gasteiger partial charge in [0.05, 0.1) is 17.8 Å². The lowest BCUT2D eigenvalue weighted by Crippen LogP contribution is -2.43. The van der Waals surface area contributed by atoms with Crippen LogP contribution in [0.3, 0.4) is 0 Å². The first-order valence-electron chi connectivity index (χ1n) is 11.4. The first-order valence-corrected chi connectivity index (χ1v) is 11.7. The van der Waals surface area contributed by atoms with Gasteiger partial charge in [0.15, 0.2) is 5.69 Å². The second-order valence-corrected chi connectivity index (χ2v) is 9.06. The van der Waals surface area contributed by atoms with Gasteiger partial charge in [-0.05, 0) is 24.8 Å². The molecule has 2 heterocycles.